The molecule has 2 saturated heterocycles. The summed E-state index contributed by atoms with van der Waals surface area (Å²) in [7, 11) is 0. The van der Waals surface area contributed by atoms with Crippen LogP contribution in [0.15, 0.2) is 59.4 Å². The molecule has 0 spiro atoms. The van der Waals surface area contributed by atoms with Gasteiger partial charge in [-0.05, 0) is 74.9 Å². The number of carbonyl (C=O) groups excluding carboxylic acids is 2. The third kappa shape index (κ3) is 5.49. The fourth-order valence-corrected chi connectivity index (χ4v) is 6.99. The Morgan fingerprint density at radius 1 is 1.05 bits per heavy atom. The van der Waals surface area contributed by atoms with Crippen LogP contribution in [0.2, 0.25) is 5.02 Å². The van der Waals surface area contributed by atoms with Gasteiger partial charge in [-0.15, -0.1) is 0 Å². The molecule has 3 aliphatic heterocycles. The van der Waals surface area contributed by atoms with Crippen LogP contribution in [0.5, 0.6) is 0 Å². The molecule has 2 bridgehead atoms. The highest BCUT2D eigenvalue weighted by Crippen LogP contribution is 2.39. The summed E-state index contributed by atoms with van der Waals surface area (Å²) in [6, 6.07) is 15.5. The lowest BCUT2D eigenvalue weighted by Crippen LogP contribution is -2.47. The van der Waals surface area contributed by atoms with Crippen molar-refractivity contribution in [3.63, 3.8) is 0 Å². The first-order valence-electron chi connectivity index (χ1n) is 14.4. The van der Waals surface area contributed by atoms with E-state index < -0.39 is 11.7 Å². The van der Waals surface area contributed by atoms with Crippen molar-refractivity contribution in [2.75, 3.05) is 29.9 Å². The number of hydrogen-bond donors (Lipinski definition) is 1. The molecule has 6 rings (SSSR count). The number of nitrogens with one attached hydrogen (secondary N) is 1. The average Bonchev–Trinajstić information content (AvgIpc) is 2.95. The maximum Gasteiger partial charge on any atom is 0.254 e. The summed E-state index contributed by atoms with van der Waals surface area (Å²) in [5.74, 6) is -0.553. The molecule has 3 aliphatic rings. The van der Waals surface area contributed by atoms with E-state index in [2.05, 4.69) is 17.1 Å². The first-order chi connectivity index (χ1) is 19.8. The zero-order valence-corrected chi connectivity index (χ0v) is 23.9. The van der Waals surface area contributed by atoms with Gasteiger partial charge in [-0.2, -0.15) is 0 Å². The highest BCUT2D eigenvalue weighted by molar-refractivity contribution is 6.31. The number of fused-ring (bicyclic) bond motifs is 4. The van der Waals surface area contributed by atoms with Crippen LogP contribution in [0.25, 0.3) is 0 Å². The molecule has 2 aromatic carbocycles. The van der Waals surface area contributed by atoms with Crippen molar-refractivity contribution >= 4 is 34.8 Å². The Morgan fingerprint density at radius 3 is 2.68 bits per heavy atom. The number of aromatic nitrogens is 1. The average molecular weight is 577 g/mol. The zero-order chi connectivity index (χ0) is 28.7. The fourth-order valence-electron chi connectivity index (χ4n) is 6.76. The van der Waals surface area contributed by atoms with Gasteiger partial charge in [-0.25, -0.2) is 4.39 Å². The molecule has 41 heavy (non-hydrogen) atoms. The molecular formula is C32H34ClFN4O3. The molecule has 3 atom stereocenters. The van der Waals surface area contributed by atoms with Crippen molar-refractivity contribution in [1.82, 2.24) is 9.47 Å². The van der Waals surface area contributed by atoms with Crippen molar-refractivity contribution in [1.29, 1.82) is 0 Å². The highest BCUT2D eigenvalue weighted by atomic mass is 35.5. The predicted molar refractivity (Wildman–Crippen MR) is 158 cm³/mol. The normalized spacial score (nSPS) is 21.8. The van der Waals surface area contributed by atoms with Gasteiger partial charge in [0, 0.05) is 66.0 Å². The van der Waals surface area contributed by atoms with E-state index in [0.29, 0.717) is 30.9 Å². The van der Waals surface area contributed by atoms with Gasteiger partial charge in [-0.3, -0.25) is 14.4 Å². The molecule has 0 radical (unpaired) electrons. The molecule has 0 unspecified atom stereocenters. The first-order valence-corrected chi connectivity index (χ1v) is 14.8. The van der Waals surface area contributed by atoms with E-state index in [1.165, 1.54) is 12.1 Å². The van der Waals surface area contributed by atoms with E-state index >= 15 is 0 Å². The number of piperidine rings is 2. The molecule has 1 N–H and O–H groups in total. The van der Waals surface area contributed by atoms with Gasteiger partial charge in [0.15, 0.2) is 0 Å². The van der Waals surface area contributed by atoms with E-state index in [1.807, 2.05) is 33.7 Å². The molecule has 4 heterocycles. The van der Waals surface area contributed by atoms with E-state index in [0.717, 1.165) is 43.6 Å². The summed E-state index contributed by atoms with van der Waals surface area (Å²) in [5, 5.41) is 3.18. The van der Waals surface area contributed by atoms with E-state index in [1.54, 1.807) is 18.2 Å². The first kappa shape index (κ1) is 27.5. The number of amides is 2. The van der Waals surface area contributed by atoms with Crippen molar-refractivity contribution < 1.29 is 14.0 Å². The van der Waals surface area contributed by atoms with Crippen molar-refractivity contribution in [2.45, 2.75) is 57.5 Å². The number of pyridine rings is 1. The van der Waals surface area contributed by atoms with Crippen LogP contribution in [-0.2, 0) is 17.8 Å². The van der Waals surface area contributed by atoms with Gasteiger partial charge in [0.25, 0.3) is 11.5 Å². The topological polar surface area (TPSA) is 74.7 Å². The largest absolute Gasteiger partial charge is 0.369 e. The summed E-state index contributed by atoms with van der Waals surface area (Å²) < 4.78 is 16.4. The molecule has 9 heteroatoms. The van der Waals surface area contributed by atoms with Crippen molar-refractivity contribution in [3.05, 3.63) is 92.6 Å². The number of anilines is 2. The third-order valence-corrected chi connectivity index (χ3v) is 9.15. The number of likely N-dealkylation sites (tertiary alicyclic amines) is 1. The summed E-state index contributed by atoms with van der Waals surface area (Å²) in [6.07, 6.45) is 3.82. The number of carbonyl (C=O) groups is 2. The molecule has 2 amide bonds. The number of halogens is 2. The van der Waals surface area contributed by atoms with Crippen LogP contribution in [0, 0.1) is 11.7 Å². The monoisotopic (exact) mass is 576 g/mol. The minimum Gasteiger partial charge on any atom is -0.369 e. The van der Waals surface area contributed by atoms with E-state index in [4.69, 9.17) is 11.6 Å². The molecule has 0 saturated carbocycles. The SMILES string of the molecule is C[C@@H]1CCCCN1C(=O)c1ccc(N2C[C@H]3C[C@@H](C2)c2cccc(=O)n2C3)c(NC(=O)Cc2c(F)cccc2Cl)c1. The third-order valence-electron chi connectivity index (χ3n) is 8.80. The Labute approximate surface area is 243 Å². The smallest absolute Gasteiger partial charge is 0.254 e. The molecule has 3 aromatic rings. The highest BCUT2D eigenvalue weighted by Gasteiger charge is 2.35. The van der Waals surface area contributed by atoms with Gasteiger partial charge in [0.1, 0.15) is 5.82 Å². The quantitative estimate of drug-likeness (QED) is 0.438. The van der Waals surface area contributed by atoms with Gasteiger partial charge in [-0.1, -0.05) is 23.7 Å². The second-order valence-corrected chi connectivity index (χ2v) is 12.0. The molecule has 214 valence electrons. The fraction of sp³-hybridized carbons (Fsp3) is 0.406. The second-order valence-electron chi connectivity index (χ2n) is 11.6. The lowest BCUT2D eigenvalue weighted by Gasteiger charge is -2.44. The molecule has 1 aromatic heterocycles. The Balaban J connectivity index is 1.32. The second kappa shape index (κ2) is 11.3. The molecule has 7 nitrogen and oxygen atoms in total. The Bertz CT molecular complexity index is 1540. The van der Waals surface area contributed by atoms with Gasteiger partial charge in [0.05, 0.1) is 17.8 Å². The van der Waals surface area contributed by atoms with E-state index in [-0.39, 0.29) is 46.4 Å². The minimum absolute atomic E-state index is 0.0280. The zero-order valence-electron chi connectivity index (χ0n) is 23.1. The van der Waals surface area contributed by atoms with Crippen LogP contribution in [-0.4, -0.2) is 47.0 Å². The summed E-state index contributed by atoms with van der Waals surface area (Å²) >= 11 is 6.20. The van der Waals surface area contributed by atoms with Gasteiger partial charge >= 0.3 is 0 Å². The van der Waals surface area contributed by atoms with Gasteiger partial charge in [0.2, 0.25) is 5.91 Å². The number of benzene rings is 2. The minimum atomic E-state index is -0.534. The summed E-state index contributed by atoms with van der Waals surface area (Å²) in [6.45, 7) is 4.83. The molecule has 2 fully saturated rings. The van der Waals surface area contributed by atoms with Crippen LogP contribution < -0.4 is 15.8 Å². The molecule has 0 aliphatic carbocycles. The van der Waals surface area contributed by atoms with Gasteiger partial charge < -0.3 is 19.7 Å². The maximum absolute atomic E-state index is 14.5. The summed E-state index contributed by atoms with van der Waals surface area (Å²) in [4.78, 5) is 43.5. The van der Waals surface area contributed by atoms with Crippen LogP contribution in [0.4, 0.5) is 15.8 Å². The molecular weight excluding hydrogens is 543 g/mol. The summed E-state index contributed by atoms with van der Waals surface area (Å²) in [5.41, 5.74) is 3.03. The van der Waals surface area contributed by atoms with Crippen LogP contribution >= 0.6 is 11.6 Å². The van der Waals surface area contributed by atoms with Crippen molar-refractivity contribution in [2.24, 2.45) is 5.92 Å². The number of hydrogen-bond acceptors (Lipinski definition) is 4. The standard InChI is InChI=1S/C32H34ClFN4O3/c1-20-6-2-3-13-37(20)32(41)22-11-12-29(27(15-22)35-30(39)16-24-25(33)7-4-8-26(24)34)36-17-21-14-23(19-36)28-9-5-10-31(40)38(28)18-21/h4-5,7-12,15,20-21,23H,2-3,6,13-14,16-19H2,1H3,(H,35,39)/t20-,21-,23+/m1/s1. The predicted octanol–water partition coefficient (Wildman–Crippen LogP) is 5.46. The lowest BCUT2D eigenvalue weighted by atomic mass is 9.83. The lowest BCUT2D eigenvalue weighted by molar-refractivity contribution is -0.115. The van der Waals surface area contributed by atoms with Crippen LogP contribution in [0.3, 0.4) is 0 Å². The van der Waals surface area contributed by atoms with E-state index in [9.17, 15) is 18.8 Å². The van der Waals surface area contributed by atoms with Crippen LogP contribution in [0.1, 0.15) is 60.1 Å². The maximum atomic E-state index is 14.5. The number of nitrogens with zero attached hydrogens (tertiary/aromatic N) is 3. The Morgan fingerprint density at radius 2 is 1.88 bits per heavy atom. The Hall–Kier alpha value is -3.65. The van der Waals surface area contributed by atoms with Crippen molar-refractivity contribution in [3.8, 4) is 0 Å². The Kier molecular flexibility index (Phi) is 7.60. The number of rotatable bonds is 5.